The van der Waals surface area contributed by atoms with Crippen molar-refractivity contribution in [1.29, 1.82) is 0 Å². The molecule has 16 heavy (non-hydrogen) atoms. The van der Waals surface area contributed by atoms with Gasteiger partial charge in [-0.1, -0.05) is 45.3 Å². The van der Waals surface area contributed by atoms with Crippen molar-refractivity contribution in [3.63, 3.8) is 0 Å². The molecule has 5 nitrogen and oxygen atoms in total. The summed E-state index contributed by atoms with van der Waals surface area (Å²) in [5.74, 6) is 0. The van der Waals surface area contributed by atoms with Gasteiger partial charge in [0.15, 0.2) is 0 Å². The third kappa shape index (κ3) is 3.21. The van der Waals surface area contributed by atoms with Crippen LogP contribution in [-0.2, 0) is 5.33 Å². The van der Waals surface area contributed by atoms with Crippen molar-refractivity contribution < 1.29 is 10.2 Å². The zero-order valence-electron chi connectivity index (χ0n) is 8.49. The highest BCUT2D eigenvalue weighted by Gasteiger charge is 2.19. The summed E-state index contributed by atoms with van der Waals surface area (Å²) in [6.07, 6.45) is -2.13. The summed E-state index contributed by atoms with van der Waals surface area (Å²) in [6, 6.07) is 7.23. The van der Waals surface area contributed by atoms with Gasteiger partial charge in [-0.2, -0.15) is 0 Å². The van der Waals surface area contributed by atoms with E-state index in [2.05, 4.69) is 26.0 Å². The SMILES string of the molecule is [N-]=[N+]=NCC(O)C(O)c1ccccc1CBr. The quantitative estimate of drug-likeness (QED) is 0.376. The Hall–Kier alpha value is -1.07. The van der Waals surface area contributed by atoms with Crippen LogP contribution in [0.1, 0.15) is 17.2 Å². The van der Waals surface area contributed by atoms with Crippen LogP contribution in [0.5, 0.6) is 0 Å². The lowest BCUT2D eigenvalue weighted by Gasteiger charge is -2.18. The van der Waals surface area contributed by atoms with Gasteiger partial charge in [0.25, 0.3) is 0 Å². The number of hydrogen-bond acceptors (Lipinski definition) is 3. The summed E-state index contributed by atoms with van der Waals surface area (Å²) in [7, 11) is 0. The van der Waals surface area contributed by atoms with Crippen molar-refractivity contribution in [3.05, 3.63) is 45.8 Å². The second-order valence-corrected chi connectivity index (χ2v) is 3.82. The van der Waals surface area contributed by atoms with Crippen LogP contribution in [0.4, 0.5) is 0 Å². The van der Waals surface area contributed by atoms with Crippen molar-refractivity contribution in [1.82, 2.24) is 0 Å². The maximum atomic E-state index is 9.87. The normalized spacial score (nSPS) is 13.9. The van der Waals surface area contributed by atoms with Gasteiger partial charge in [0.1, 0.15) is 6.10 Å². The van der Waals surface area contributed by atoms with Crippen LogP contribution in [0.2, 0.25) is 0 Å². The zero-order valence-corrected chi connectivity index (χ0v) is 10.1. The molecule has 0 spiro atoms. The number of aliphatic hydroxyl groups excluding tert-OH is 2. The number of nitrogens with zero attached hydrogens (tertiary/aromatic N) is 3. The van der Waals surface area contributed by atoms with E-state index in [-0.39, 0.29) is 6.54 Å². The van der Waals surface area contributed by atoms with Gasteiger partial charge in [0, 0.05) is 10.2 Å². The van der Waals surface area contributed by atoms with Crippen LogP contribution in [0, 0.1) is 0 Å². The first-order valence-corrected chi connectivity index (χ1v) is 5.83. The largest absolute Gasteiger partial charge is 0.390 e. The summed E-state index contributed by atoms with van der Waals surface area (Å²) < 4.78 is 0. The molecule has 0 fully saturated rings. The number of benzene rings is 1. The molecule has 0 heterocycles. The Kier molecular flexibility index (Phi) is 5.28. The second kappa shape index (κ2) is 6.50. The molecule has 0 aliphatic heterocycles. The molecule has 0 saturated heterocycles. The number of rotatable bonds is 5. The minimum Gasteiger partial charge on any atom is -0.390 e. The summed E-state index contributed by atoms with van der Waals surface area (Å²) in [5.41, 5.74) is 9.66. The molecule has 2 N–H and O–H groups in total. The molecule has 0 radical (unpaired) electrons. The van der Waals surface area contributed by atoms with Crippen molar-refractivity contribution in [2.24, 2.45) is 5.11 Å². The summed E-state index contributed by atoms with van der Waals surface area (Å²) in [6.45, 7) is -0.145. The average Bonchev–Trinajstić information content (AvgIpc) is 2.34. The Morgan fingerprint density at radius 1 is 1.38 bits per heavy atom. The molecule has 0 aliphatic rings. The smallest absolute Gasteiger partial charge is 0.105 e. The van der Waals surface area contributed by atoms with Crippen LogP contribution in [-0.4, -0.2) is 22.9 Å². The van der Waals surface area contributed by atoms with E-state index < -0.39 is 12.2 Å². The fourth-order valence-corrected chi connectivity index (χ4v) is 1.88. The van der Waals surface area contributed by atoms with Gasteiger partial charge >= 0.3 is 0 Å². The number of hydrogen-bond donors (Lipinski definition) is 2. The van der Waals surface area contributed by atoms with E-state index in [9.17, 15) is 10.2 Å². The van der Waals surface area contributed by atoms with E-state index in [1.807, 2.05) is 12.1 Å². The Balaban J connectivity index is 2.86. The van der Waals surface area contributed by atoms with Gasteiger partial charge in [0.2, 0.25) is 0 Å². The Labute approximate surface area is 101 Å². The Morgan fingerprint density at radius 2 is 2.06 bits per heavy atom. The minimum absolute atomic E-state index is 0.145. The van der Waals surface area contributed by atoms with E-state index in [4.69, 9.17) is 5.53 Å². The highest BCUT2D eigenvalue weighted by atomic mass is 79.9. The predicted molar refractivity (Wildman–Crippen MR) is 64.1 cm³/mol. The highest BCUT2D eigenvalue weighted by Crippen LogP contribution is 2.23. The molecule has 0 amide bonds. The Morgan fingerprint density at radius 3 is 2.69 bits per heavy atom. The van der Waals surface area contributed by atoms with Gasteiger partial charge in [-0.3, -0.25) is 0 Å². The van der Waals surface area contributed by atoms with Crippen molar-refractivity contribution in [2.75, 3.05) is 6.54 Å². The van der Waals surface area contributed by atoms with Gasteiger partial charge in [-0.25, -0.2) is 0 Å². The fourth-order valence-electron chi connectivity index (χ4n) is 1.37. The standard InChI is InChI=1S/C10H12BrN3O2/c11-5-7-3-1-2-4-8(7)10(16)9(15)6-13-14-12/h1-4,9-10,15-16H,5-6H2. The first kappa shape index (κ1) is 13.0. The topological polar surface area (TPSA) is 89.2 Å². The first-order valence-electron chi connectivity index (χ1n) is 4.71. The summed E-state index contributed by atoms with van der Waals surface area (Å²) in [4.78, 5) is 2.54. The number of halogens is 1. The third-order valence-electron chi connectivity index (χ3n) is 2.21. The molecule has 0 aromatic heterocycles. The van der Waals surface area contributed by atoms with Crippen molar-refractivity contribution in [3.8, 4) is 0 Å². The molecule has 0 bridgehead atoms. The molecule has 2 unspecified atom stereocenters. The van der Waals surface area contributed by atoms with Crippen molar-refractivity contribution in [2.45, 2.75) is 17.5 Å². The summed E-state index contributed by atoms with van der Waals surface area (Å²) in [5, 5.41) is 23.3. The summed E-state index contributed by atoms with van der Waals surface area (Å²) >= 11 is 3.30. The van der Waals surface area contributed by atoms with Crippen LogP contribution in [0.15, 0.2) is 29.4 Å². The second-order valence-electron chi connectivity index (χ2n) is 3.26. The molecule has 1 rings (SSSR count). The van der Waals surface area contributed by atoms with Crippen LogP contribution in [0.25, 0.3) is 10.4 Å². The van der Waals surface area contributed by atoms with E-state index in [1.165, 1.54) is 0 Å². The zero-order chi connectivity index (χ0) is 12.0. The Bertz CT molecular complexity index is 393. The maximum absolute atomic E-state index is 9.87. The molecular formula is C10H12BrN3O2. The number of alkyl halides is 1. The molecule has 0 saturated carbocycles. The van der Waals surface area contributed by atoms with Gasteiger partial charge in [0.05, 0.1) is 12.6 Å². The van der Waals surface area contributed by atoms with Gasteiger partial charge in [-0.05, 0) is 16.7 Å². The monoisotopic (exact) mass is 285 g/mol. The minimum atomic E-state index is -1.09. The van der Waals surface area contributed by atoms with Gasteiger partial charge < -0.3 is 10.2 Å². The van der Waals surface area contributed by atoms with E-state index >= 15 is 0 Å². The van der Waals surface area contributed by atoms with Crippen LogP contribution < -0.4 is 0 Å². The average molecular weight is 286 g/mol. The van der Waals surface area contributed by atoms with E-state index in [0.29, 0.717) is 10.9 Å². The lowest BCUT2D eigenvalue weighted by atomic mass is 10.00. The van der Waals surface area contributed by atoms with Crippen LogP contribution in [0.3, 0.4) is 0 Å². The fraction of sp³-hybridized carbons (Fsp3) is 0.400. The lowest BCUT2D eigenvalue weighted by Crippen LogP contribution is -2.22. The molecule has 2 atom stereocenters. The molecule has 6 heteroatoms. The van der Waals surface area contributed by atoms with Gasteiger partial charge in [-0.15, -0.1) is 0 Å². The number of azide groups is 1. The molecule has 86 valence electrons. The molecular weight excluding hydrogens is 274 g/mol. The predicted octanol–water partition coefficient (Wildman–Crippen LogP) is 2.29. The van der Waals surface area contributed by atoms with E-state index in [0.717, 1.165) is 5.56 Å². The molecule has 1 aromatic carbocycles. The molecule has 0 aliphatic carbocycles. The number of aliphatic hydroxyl groups is 2. The lowest BCUT2D eigenvalue weighted by molar-refractivity contribution is 0.0240. The van der Waals surface area contributed by atoms with Crippen LogP contribution >= 0.6 is 15.9 Å². The maximum Gasteiger partial charge on any atom is 0.105 e. The van der Waals surface area contributed by atoms with E-state index in [1.54, 1.807) is 12.1 Å². The highest BCUT2D eigenvalue weighted by molar-refractivity contribution is 9.08. The first-order chi connectivity index (χ1) is 7.70. The molecule has 1 aromatic rings. The third-order valence-corrected chi connectivity index (χ3v) is 2.82. The van der Waals surface area contributed by atoms with Crippen molar-refractivity contribution >= 4 is 15.9 Å².